The van der Waals surface area contributed by atoms with Gasteiger partial charge in [0.15, 0.2) is 52.5 Å². The molecule has 8 N–H and O–H groups in total. The third-order valence-electron chi connectivity index (χ3n) is 7.74. The number of rotatable bonds is 2. The Balaban J connectivity index is 1.28. The maximum absolute atomic E-state index is 16.0. The van der Waals surface area contributed by atoms with Crippen LogP contribution in [0.1, 0.15) is 6.23 Å². The fraction of sp³-hybridized carbons (Fsp3) is 0.455. The second-order valence-corrected chi connectivity index (χ2v) is 16.2. The van der Waals surface area contributed by atoms with Gasteiger partial charge in [0.25, 0.3) is 5.56 Å². The molecule has 0 aromatic carbocycles. The van der Waals surface area contributed by atoms with Gasteiger partial charge in [-0.3, -0.25) is 28.0 Å². The van der Waals surface area contributed by atoms with Crippen LogP contribution in [0.2, 0.25) is 0 Å². The van der Waals surface area contributed by atoms with Crippen LogP contribution in [-0.2, 0) is 56.9 Å². The van der Waals surface area contributed by atoms with Crippen LogP contribution < -0.4 is 17.0 Å². The van der Waals surface area contributed by atoms with Crippen molar-refractivity contribution in [3.8, 4) is 12.3 Å². The van der Waals surface area contributed by atoms with E-state index in [-0.39, 0.29) is 34.1 Å². The summed E-state index contributed by atoms with van der Waals surface area (Å²) in [6, 6.07) is 0. The number of terminal acetylenes is 1. The van der Waals surface area contributed by atoms with Crippen molar-refractivity contribution in [1.82, 2.24) is 39.0 Å². The number of H-pyrrole nitrogens is 1. The average Bonchev–Trinajstić information content (AvgIpc) is 3.77. The number of aliphatic hydroxyl groups is 1. The van der Waals surface area contributed by atoms with Gasteiger partial charge >= 0.3 is 13.4 Å². The van der Waals surface area contributed by atoms with Crippen LogP contribution in [0.4, 0.5) is 16.2 Å². The Kier molecular flexibility index (Phi) is 7.77. The molecule has 0 aliphatic carbocycles. The van der Waals surface area contributed by atoms with Gasteiger partial charge in [-0.1, -0.05) is 5.92 Å². The average molecular weight is 733 g/mol. The molecule has 0 radical (unpaired) electrons. The smallest absolute Gasteiger partial charge is 0.325 e. The summed E-state index contributed by atoms with van der Waals surface area (Å²) in [5, 5.41) is 12.0. The molecule has 3 saturated heterocycles. The van der Waals surface area contributed by atoms with Crippen LogP contribution in [0.15, 0.2) is 23.8 Å². The van der Waals surface area contributed by atoms with E-state index in [4.69, 9.17) is 69.1 Å². The standard InChI is InChI=1S/C22H23FN10O10P2S2/c1-2-21-4-40-45(37,47)42-13-10(23)9(41-18(13)32-7-28-12-16(32)30-20(25)31-17(12)34)3-39-44(36,46)43-19(21)22(35,5-38-21)33-8-29-11-14(24)26-6-27-15(11)33/h1,6-10,13,18-19,35H,3-5H2,(H,36,46)(H,37,47)(H2,24,26,27)(H3,25,30,31,34)/t9-,10+,13-,18-,19-,21-,22-,44?,45?/m1/s1. The zero-order valence-electron chi connectivity index (χ0n) is 23.4. The summed E-state index contributed by atoms with van der Waals surface area (Å²) < 4.78 is 52.6. The lowest BCUT2D eigenvalue weighted by Gasteiger charge is -2.37. The van der Waals surface area contributed by atoms with Crippen LogP contribution in [0.5, 0.6) is 0 Å². The highest BCUT2D eigenvalue weighted by Gasteiger charge is 2.63. The van der Waals surface area contributed by atoms with Gasteiger partial charge in [-0.15, -0.1) is 6.42 Å². The highest BCUT2D eigenvalue weighted by Crippen LogP contribution is 2.56. The van der Waals surface area contributed by atoms with E-state index in [1.807, 2.05) is 0 Å². The van der Waals surface area contributed by atoms with Gasteiger partial charge in [-0.2, -0.15) is 4.98 Å². The van der Waals surface area contributed by atoms with Gasteiger partial charge < -0.3 is 44.9 Å². The molecule has 3 fully saturated rings. The van der Waals surface area contributed by atoms with Gasteiger partial charge in [0.2, 0.25) is 5.95 Å². The zero-order chi connectivity index (χ0) is 33.5. The van der Waals surface area contributed by atoms with Crippen molar-refractivity contribution in [1.29, 1.82) is 0 Å². The number of nitrogens with one attached hydrogen (secondary N) is 1. The Morgan fingerprint density at radius 2 is 1.83 bits per heavy atom. The summed E-state index contributed by atoms with van der Waals surface area (Å²) in [4.78, 5) is 57.2. The van der Waals surface area contributed by atoms with E-state index >= 15 is 4.39 Å². The minimum Gasteiger partial charge on any atom is -0.382 e. The van der Waals surface area contributed by atoms with Crippen LogP contribution in [0.25, 0.3) is 22.3 Å². The van der Waals surface area contributed by atoms with E-state index in [0.717, 1.165) is 28.1 Å². The van der Waals surface area contributed by atoms with E-state index in [0.29, 0.717) is 0 Å². The second kappa shape index (κ2) is 11.2. The molecule has 2 bridgehead atoms. The molecule has 0 saturated carbocycles. The monoisotopic (exact) mass is 732 g/mol. The SMILES string of the molecule is C#C[C@@]12COP(O)(=S)O[C@@H]3[C@@H](F)[C@@H](COP(O)(=S)O[C@H]1[C@@](O)(n1cnc4c(N)ncnc41)CO2)O[C@H]3n1cnc2c(=O)[nH]c(N)nc21. The topological polar surface area (TPSA) is 275 Å². The number of halogens is 1. The van der Waals surface area contributed by atoms with E-state index < -0.39 is 80.9 Å². The maximum Gasteiger partial charge on any atom is 0.325 e. The van der Waals surface area contributed by atoms with Gasteiger partial charge in [0, 0.05) is 0 Å². The Hall–Kier alpha value is -3.07. The summed E-state index contributed by atoms with van der Waals surface area (Å²) in [7, 11) is 0. The van der Waals surface area contributed by atoms with Crippen molar-refractivity contribution in [2.45, 2.75) is 42.0 Å². The fourth-order valence-corrected chi connectivity index (χ4v) is 8.37. The molecule has 0 spiro atoms. The molecule has 3 aliphatic heterocycles. The minimum absolute atomic E-state index is 0.00345. The fourth-order valence-electron chi connectivity index (χ4n) is 5.53. The molecule has 47 heavy (non-hydrogen) atoms. The second-order valence-electron chi connectivity index (χ2n) is 10.6. The molecule has 250 valence electrons. The Bertz CT molecular complexity index is 2110. The highest BCUT2D eigenvalue weighted by molar-refractivity contribution is 8.07. The lowest BCUT2D eigenvalue weighted by Crippen LogP contribution is -2.54. The van der Waals surface area contributed by atoms with E-state index in [9.17, 15) is 19.7 Å². The van der Waals surface area contributed by atoms with Crippen molar-refractivity contribution < 1.29 is 46.9 Å². The number of nitrogens with two attached hydrogens (primary N) is 2. The molecular weight excluding hydrogens is 709 g/mol. The van der Waals surface area contributed by atoms with Gasteiger partial charge in [0.05, 0.1) is 25.9 Å². The van der Waals surface area contributed by atoms with Crippen LogP contribution in [0.3, 0.4) is 0 Å². The predicted molar refractivity (Wildman–Crippen MR) is 163 cm³/mol. The number of hydrogen-bond donors (Lipinski definition) is 6. The molecule has 4 aromatic heterocycles. The summed E-state index contributed by atoms with van der Waals surface area (Å²) in [6.07, 6.45) is 0.648. The lowest BCUT2D eigenvalue weighted by atomic mass is 9.93. The first-order valence-corrected chi connectivity index (χ1v) is 18.5. The van der Waals surface area contributed by atoms with Crippen molar-refractivity contribution in [3.05, 3.63) is 29.3 Å². The third kappa shape index (κ3) is 5.35. The Morgan fingerprint density at radius 1 is 1.09 bits per heavy atom. The molecule has 3 aliphatic rings. The number of aromatic amines is 1. The van der Waals surface area contributed by atoms with Crippen molar-refractivity contribution >= 4 is 71.1 Å². The number of nitrogen functional groups attached to an aromatic ring is 2. The van der Waals surface area contributed by atoms with Gasteiger partial charge in [-0.05, 0) is 23.6 Å². The molecule has 2 unspecified atom stereocenters. The summed E-state index contributed by atoms with van der Waals surface area (Å²) in [5.74, 6) is 2.06. The van der Waals surface area contributed by atoms with Gasteiger partial charge in [-0.25, -0.2) is 24.3 Å². The number of anilines is 2. The summed E-state index contributed by atoms with van der Waals surface area (Å²) in [5.41, 5.74) is 6.38. The number of nitrogens with zero attached hydrogens (tertiary/aromatic N) is 7. The number of imidazole rings is 2. The largest absolute Gasteiger partial charge is 0.382 e. The molecular formula is C22H23FN10O10P2S2. The Labute approximate surface area is 271 Å². The quantitative estimate of drug-likeness (QED) is 0.103. The number of alkyl halides is 1. The first-order chi connectivity index (χ1) is 22.2. The molecule has 9 atom stereocenters. The lowest BCUT2D eigenvalue weighted by molar-refractivity contribution is -0.113. The van der Waals surface area contributed by atoms with Crippen molar-refractivity contribution in [2.24, 2.45) is 0 Å². The first kappa shape index (κ1) is 32.5. The summed E-state index contributed by atoms with van der Waals surface area (Å²) >= 11 is 10.5. The third-order valence-corrected chi connectivity index (χ3v) is 10.8. The van der Waals surface area contributed by atoms with Crippen LogP contribution in [0, 0.1) is 12.3 Å². The Morgan fingerprint density at radius 3 is 2.60 bits per heavy atom. The van der Waals surface area contributed by atoms with Crippen LogP contribution >= 0.6 is 13.4 Å². The van der Waals surface area contributed by atoms with Gasteiger partial charge in [0.1, 0.15) is 30.7 Å². The normalized spacial score (nSPS) is 38.0. The molecule has 7 rings (SSSR count). The first-order valence-electron chi connectivity index (χ1n) is 13.3. The van der Waals surface area contributed by atoms with E-state index in [1.165, 1.54) is 0 Å². The van der Waals surface area contributed by atoms with Crippen LogP contribution in [-0.4, -0.2) is 104 Å². The summed E-state index contributed by atoms with van der Waals surface area (Å²) in [6.45, 7) is -11.1. The number of ether oxygens (including phenoxy) is 2. The molecule has 20 nitrogen and oxygen atoms in total. The minimum atomic E-state index is -4.46. The maximum atomic E-state index is 16.0. The molecule has 0 amide bonds. The van der Waals surface area contributed by atoms with Crippen molar-refractivity contribution in [2.75, 3.05) is 31.3 Å². The van der Waals surface area contributed by atoms with Crippen molar-refractivity contribution in [3.63, 3.8) is 0 Å². The predicted octanol–water partition coefficient (Wildman–Crippen LogP) is -1.34. The van der Waals surface area contributed by atoms with E-state index in [2.05, 4.69) is 35.8 Å². The zero-order valence-corrected chi connectivity index (χ0v) is 26.8. The molecule has 7 heterocycles. The number of hydrogen-bond acceptors (Lipinski definition) is 17. The highest BCUT2D eigenvalue weighted by atomic mass is 32.5. The number of fused-ring (bicyclic) bond motifs is 5. The molecule has 4 aromatic rings. The van der Waals surface area contributed by atoms with E-state index in [1.54, 1.807) is 0 Å². The molecule has 25 heteroatoms. The number of aromatic nitrogens is 8.